The molecule has 4 nitrogen and oxygen atoms in total. The Hall–Kier alpha value is -1.33. The Bertz CT molecular complexity index is 540. The molecule has 102 valence electrons. The number of carbonyl (C=O) groups is 2. The maximum Gasteiger partial charge on any atom is 0.311 e. The summed E-state index contributed by atoms with van der Waals surface area (Å²) in [6.07, 6.45) is 3.66. The molecule has 1 aromatic heterocycles. The van der Waals surface area contributed by atoms with Crippen molar-refractivity contribution in [2.45, 2.75) is 13.3 Å². The van der Waals surface area contributed by atoms with Crippen LogP contribution in [0.5, 0.6) is 0 Å². The topological polar surface area (TPSA) is 57.6 Å². The normalized spacial score (nSPS) is 23.2. The zero-order valence-electron chi connectivity index (χ0n) is 10.4. The van der Waals surface area contributed by atoms with Crippen molar-refractivity contribution in [3.63, 3.8) is 0 Å². The van der Waals surface area contributed by atoms with E-state index in [1.165, 1.54) is 17.4 Å². The Kier molecular flexibility index (Phi) is 3.96. The molecule has 0 spiro atoms. The fourth-order valence-corrected chi connectivity index (χ4v) is 2.96. The highest BCUT2D eigenvalue weighted by molar-refractivity contribution is 7.17. The molecule has 0 aliphatic carbocycles. The molecule has 1 fully saturated rings. The number of carboxylic acids is 1. The number of likely N-dealkylation sites (tertiary alicyclic amines) is 1. The lowest BCUT2D eigenvalue weighted by Gasteiger charge is -2.18. The average molecular weight is 300 g/mol. The summed E-state index contributed by atoms with van der Waals surface area (Å²) in [4.78, 5) is 25.5. The van der Waals surface area contributed by atoms with Gasteiger partial charge in [0.2, 0.25) is 5.91 Å². The summed E-state index contributed by atoms with van der Waals surface area (Å²) in [5, 5.41) is 9.11. The van der Waals surface area contributed by atoms with Gasteiger partial charge in [-0.15, -0.1) is 11.3 Å². The Morgan fingerprint density at radius 3 is 2.79 bits per heavy atom. The van der Waals surface area contributed by atoms with Crippen molar-refractivity contribution in [2.24, 2.45) is 5.41 Å². The minimum absolute atomic E-state index is 0.158. The number of hydrogen-bond donors (Lipinski definition) is 1. The van der Waals surface area contributed by atoms with E-state index >= 15 is 0 Å². The SMILES string of the molecule is C[C@]1(C(=O)O)CCN(C(=O)/C=C/c2ccc(Cl)s2)C1. The zero-order chi connectivity index (χ0) is 14.0. The summed E-state index contributed by atoms with van der Waals surface area (Å²) in [5.41, 5.74) is -0.824. The Morgan fingerprint density at radius 1 is 1.53 bits per heavy atom. The van der Waals surface area contributed by atoms with E-state index in [1.54, 1.807) is 24.0 Å². The van der Waals surface area contributed by atoms with E-state index in [-0.39, 0.29) is 12.5 Å². The number of carboxylic acid groups (broad SMARTS) is 1. The molecule has 1 saturated heterocycles. The molecule has 1 N–H and O–H groups in total. The predicted molar refractivity (Wildman–Crippen MR) is 75.3 cm³/mol. The molecule has 1 amide bonds. The van der Waals surface area contributed by atoms with Crippen molar-refractivity contribution in [1.82, 2.24) is 4.90 Å². The summed E-state index contributed by atoms with van der Waals surface area (Å²) >= 11 is 7.19. The fraction of sp³-hybridized carbons (Fsp3) is 0.385. The number of nitrogens with zero attached hydrogens (tertiary/aromatic N) is 1. The zero-order valence-corrected chi connectivity index (χ0v) is 12.0. The highest BCUT2D eigenvalue weighted by atomic mass is 35.5. The van der Waals surface area contributed by atoms with Crippen LogP contribution < -0.4 is 0 Å². The van der Waals surface area contributed by atoms with E-state index in [9.17, 15) is 9.59 Å². The van der Waals surface area contributed by atoms with Crippen LogP contribution in [0.4, 0.5) is 0 Å². The van der Waals surface area contributed by atoms with E-state index in [4.69, 9.17) is 16.7 Å². The lowest BCUT2D eigenvalue weighted by Crippen LogP contribution is -2.34. The van der Waals surface area contributed by atoms with Crippen molar-refractivity contribution in [3.8, 4) is 0 Å². The first-order valence-electron chi connectivity index (χ1n) is 5.86. The molecular weight excluding hydrogens is 286 g/mol. The highest BCUT2D eigenvalue weighted by Crippen LogP contribution is 2.30. The van der Waals surface area contributed by atoms with Crippen LogP contribution in [0, 0.1) is 5.41 Å². The third-order valence-electron chi connectivity index (χ3n) is 3.29. The van der Waals surface area contributed by atoms with Gasteiger partial charge >= 0.3 is 5.97 Å². The second-order valence-corrected chi connectivity index (χ2v) is 6.60. The van der Waals surface area contributed by atoms with Crippen LogP contribution in [0.15, 0.2) is 18.2 Å². The van der Waals surface area contributed by atoms with Gasteiger partial charge in [0.15, 0.2) is 0 Å². The standard InChI is InChI=1S/C13H14ClNO3S/c1-13(12(17)18)6-7-15(8-13)11(16)5-3-9-2-4-10(14)19-9/h2-5H,6-8H2,1H3,(H,17,18)/b5-3+/t13-/m0/s1. The minimum Gasteiger partial charge on any atom is -0.481 e. The smallest absolute Gasteiger partial charge is 0.311 e. The van der Waals surface area contributed by atoms with Crippen LogP contribution in [-0.2, 0) is 9.59 Å². The molecular formula is C13H14ClNO3S. The van der Waals surface area contributed by atoms with Gasteiger partial charge in [-0.25, -0.2) is 0 Å². The molecule has 1 atom stereocenters. The molecule has 2 rings (SSSR count). The van der Waals surface area contributed by atoms with Crippen LogP contribution in [-0.4, -0.2) is 35.0 Å². The second kappa shape index (κ2) is 5.35. The Balaban J connectivity index is 1.99. The number of hydrogen-bond acceptors (Lipinski definition) is 3. The van der Waals surface area contributed by atoms with Crippen LogP contribution >= 0.6 is 22.9 Å². The number of carbonyl (C=O) groups excluding carboxylic acids is 1. The molecule has 0 saturated carbocycles. The van der Waals surface area contributed by atoms with Crippen LogP contribution in [0.3, 0.4) is 0 Å². The number of aliphatic carboxylic acids is 1. The molecule has 1 aliphatic heterocycles. The van der Waals surface area contributed by atoms with Gasteiger partial charge in [-0.05, 0) is 31.6 Å². The van der Waals surface area contributed by atoms with Crippen molar-refractivity contribution >= 4 is 40.9 Å². The fourth-order valence-electron chi connectivity index (χ4n) is 2.00. The number of thiophene rings is 1. The van der Waals surface area contributed by atoms with Crippen molar-refractivity contribution in [2.75, 3.05) is 13.1 Å². The van der Waals surface area contributed by atoms with Gasteiger partial charge in [-0.1, -0.05) is 11.6 Å². The van der Waals surface area contributed by atoms with Gasteiger partial charge in [0.25, 0.3) is 0 Å². The first-order chi connectivity index (χ1) is 8.90. The molecule has 19 heavy (non-hydrogen) atoms. The van der Waals surface area contributed by atoms with Crippen molar-refractivity contribution < 1.29 is 14.7 Å². The molecule has 6 heteroatoms. The number of halogens is 1. The van der Waals surface area contributed by atoms with Gasteiger partial charge in [0, 0.05) is 24.0 Å². The maximum absolute atomic E-state index is 12.0. The predicted octanol–water partition coefficient (Wildman–Crippen LogP) is 2.74. The average Bonchev–Trinajstić information content (AvgIpc) is 2.94. The van der Waals surface area contributed by atoms with Gasteiger partial charge in [0.1, 0.15) is 0 Å². The van der Waals surface area contributed by atoms with E-state index < -0.39 is 11.4 Å². The summed E-state index contributed by atoms with van der Waals surface area (Å²) in [6, 6.07) is 3.61. The van der Waals surface area contributed by atoms with Gasteiger partial charge in [-0.2, -0.15) is 0 Å². The van der Waals surface area contributed by atoms with Crippen molar-refractivity contribution in [1.29, 1.82) is 0 Å². The lowest BCUT2D eigenvalue weighted by atomic mass is 9.90. The number of amides is 1. The maximum atomic E-state index is 12.0. The van der Waals surface area contributed by atoms with E-state index in [2.05, 4.69) is 0 Å². The molecule has 0 aromatic carbocycles. The largest absolute Gasteiger partial charge is 0.481 e. The quantitative estimate of drug-likeness (QED) is 0.873. The molecule has 1 aromatic rings. The van der Waals surface area contributed by atoms with Gasteiger partial charge in [0.05, 0.1) is 9.75 Å². The van der Waals surface area contributed by atoms with Gasteiger partial charge in [-0.3, -0.25) is 9.59 Å². The Morgan fingerprint density at radius 2 is 2.26 bits per heavy atom. The Labute approximate surface area is 120 Å². The molecule has 0 bridgehead atoms. The molecule has 2 heterocycles. The molecule has 0 radical (unpaired) electrons. The van der Waals surface area contributed by atoms with E-state index in [1.807, 2.05) is 6.07 Å². The summed E-state index contributed by atoms with van der Waals surface area (Å²) in [7, 11) is 0. The summed E-state index contributed by atoms with van der Waals surface area (Å²) in [5.74, 6) is -1.01. The van der Waals surface area contributed by atoms with Crippen molar-refractivity contribution in [3.05, 3.63) is 27.4 Å². The lowest BCUT2D eigenvalue weighted by molar-refractivity contribution is -0.147. The van der Waals surface area contributed by atoms with Gasteiger partial charge < -0.3 is 10.0 Å². The first kappa shape index (κ1) is 14.1. The van der Waals surface area contributed by atoms with E-state index in [0.717, 1.165) is 4.88 Å². The van der Waals surface area contributed by atoms with Crippen LogP contribution in [0.25, 0.3) is 6.08 Å². The number of rotatable bonds is 3. The summed E-state index contributed by atoms with van der Waals surface area (Å²) < 4.78 is 0.673. The summed E-state index contributed by atoms with van der Waals surface area (Å²) in [6.45, 7) is 2.42. The monoisotopic (exact) mass is 299 g/mol. The van der Waals surface area contributed by atoms with E-state index in [0.29, 0.717) is 17.3 Å². The molecule has 1 aliphatic rings. The molecule has 0 unspecified atom stereocenters. The second-order valence-electron chi connectivity index (χ2n) is 4.85. The van der Waals surface area contributed by atoms with Crippen LogP contribution in [0.1, 0.15) is 18.2 Å². The van der Waals surface area contributed by atoms with Crippen LogP contribution in [0.2, 0.25) is 4.34 Å². The minimum atomic E-state index is -0.850. The highest BCUT2D eigenvalue weighted by Gasteiger charge is 2.41. The third-order valence-corrected chi connectivity index (χ3v) is 4.48. The first-order valence-corrected chi connectivity index (χ1v) is 7.06. The third kappa shape index (κ3) is 3.16.